The lowest BCUT2D eigenvalue weighted by Gasteiger charge is -2.09. The molecule has 6 nitrogen and oxygen atoms in total. The molecule has 166 valence electrons. The van der Waals surface area contributed by atoms with Gasteiger partial charge in [-0.2, -0.15) is 10.2 Å². The molecule has 0 spiro atoms. The first-order chi connectivity index (χ1) is 16.1. The second-order valence-corrected chi connectivity index (χ2v) is 7.80. The van der Waals surface area contributed by atoms with Crippen molar-refractivity contribution in [2.24, 2.45) is 5.10 Å². The van der Waals surface area contributed by atoms with E-state index in [1.165, 1.54) is 0 Å². The largest absolute Gasteiger partial charge is 0.488 e. The highest BCUT2D eigenvalue weighted by atomic mass is 16.5. The Morgan fingerprint density at radius 3 is 2.52 bits per heavy atom. The molecule has 1 N–H and O–H groups in total. The molecule has 3 aromatic carbocycles. The molecule has 1 heterocycles. The summed E-state index contributed by atoms with van der Waals surface area (Å²) in [7, 11) is 0. The molecule has 0 aliphatic carbocycles. The van der Waals surface area contributed by atoms with Gasteiger partial charge in [-0.1, -0.05) is 54.6 Å². The fourth-order valence-electron chi connectivity index (χ4n) is 3.50. The van der Waals surface area contributed by atoms with Gasteiger partial charge in [0.2, 0.25) is 0 Å². The molecule has 4 aromatic rings. The average Bonchev–Trinajstić information content (AvgIpc) is 3.15. The third kappa shape index (κ3) is 5.95. The Bertz CT molecular complexity index is 1260. The Kier molecular flexibility index (Phi) is 6.95. The Labute approximate surface area is 193 Å². The van der Waals surface area contributed by atoms with Gasteiger partial charge in [0, 0.05) is 16.8 Å². The maximum atomic E-state index is 12.6. The molecule has 6 heteroatoms. The van der Waals surface area contributed by atoms with Gasteiger partial charge in [-0.15, -0.1) is 0 Å². The van der Waals surface area contributed by atoms with E-state index in [-0.39, 0.29) is 5.91 Å². The predicted octanol–water partition coefficient (Wildman–Crippen LogP) is 4.89. The molecular formula is C27H26N4O2. The number of carbonyl (C=O) groups excluding carboxylic acids is 1. The lowest BCUT2D eigenvalue weighted by molar-refractivity contribution is 0.0955. The molecule has 0 aliphatic heterocycles. The number of carbonyl (C=O) groups is 1. The first kappa shape index (κ1) is 22.0. The second kappa shape index (κ2) is 10.4. The zero-order valence-corrected chi connectivity index (χ0v) is 18.7. The van der Waals surface area contributed by atoms with Crippen LogP contribution < -0.4 is 10.2 Å². The van der Waals surface area contributed by atoms with E-state index in [4.69, 9.17) is 4.74 Å². The van der Waals surface area contributed by atoms with Gasteiger partial charge in [0.15, 0.2) is 0 Å². The fourth-order valence-corrected chi connectivity index (χ4v) is 3.50. The van der Waals surface area contributed by atoms with Crippen LogP contribution >= 0.6 is 0 Å². The van der Waals surface area contributed by atoms with Crippen LogP contribution in [0, 0.1) is 13.8 Å². The van der Waals surface area contributed by atoms with Crippen LogP contribution in [0.15, 0.2) is 90.0 Å². The molecule has 4 rings (SSSR count). The van der Waals surface area contributed by atoms with Gasteiger partial charge in [-0.25, -0.2) is 5.43 Å². The van der Waals surface area contributed by atoms with Crippen molar-refractivity contribution in [3.63, 3.8) is 0 Å². The number of aryl methyl sites for hydroxylation is 2. The first-order valence-corrected chi connectivity index (χ1v) is 10.8. The molecule has 0 aliphatic rings. The Balaban J connectivity index is 1.39. The molecule has 0 atom stereocenters. The standard InChI is InChI=1S/C27H26N4O2/c1-20-15-21(2)31(30-20)18-23-11-8-13-24(16-23)27(32)29-28-17-25-12-6-7-14-26(25)33-19-22-9-4-3-5-10-22/h3-17H,18-19H2,1-2H3,(H,29,32)/b28-17+. The topological polar surface area (TPSA) is 68.5 Å². The number of hydrazone groups is 1. The van der Waals surface area contributed by atoms with Crippen LogP contribution in [-0.4, -0.2) is 21.9 Å². The van der Waals surface area contributed by atoms with E-state index in [0.29, 0.717) is 24.5 Å². The third-order valence-electron chi connectivity index (χ3n) is 5.15. The van der Waals surface area contributed by atoms with Gasteiger partial charge in [0.1, 0.15) is 12.4 Å². The number of amides is 1. The van der Waals surface area contributed by atoms with Gasteiger partial charge in [-0.3, -0.25) is 9.48 Å². The van der Waals surface area contributed by atoms with Crippen LogP contribution in [0.25, 0.3) is 0 Å². The number of benzene rings is 3. The molecule has 1 amide bonds. The SMILES string of the molecule is Cc1cc(C)n(Cc2cccc(C(=O)N/N=C/c3ccccc3OCc3ccccc3)c2)n1. The van der Waals surface area contributed by atoms with Gasteiger partial charge in [-0.05, 0) is 55.3 Å². The third-order valence-corrected chi connectivity index (χ3v) is 5.15. The number of para-hydroxylation sites is 1. The highest BCUT2D eigenvalue weighted by Gasteiger charge is 2.08. The van der Waals surface area contributed by atoms with Gasteiger partial charge < -0.3 is 4.74 Å². The minimum absolute atomic E-state index is 0.274. The summed E-state index contributed by atoms with van der Waals surface area (Å²) in [6.45, 7) is 5.05. The molecule has 0 unspecified atom stereocenters. The van der Waals surface area contributed by atoms with Crippen molar-refractivity contribution < 1.29 is 9.53 Å². The lowest BCUT2D eigenvalue weighted by Crippen LogP contribution is -2.18. The summed E-state index contributed by atoms with van der Waals surface area (Å²) < 4.78 is 7.86. The highest BCUT2D eigenvalue weighted by molar-refractivity contribution is 5.95. The van der Waals surface area contributed by atoms with Crippen LogP contribution in [0.2, 0.25) is 0 Å². The molecular weight excluding hydrogens is 412 g/mol. The highest BCUT2D eigenvalue weighted by Crippen LogP contribution is 2.17. The molecule has 0 radical (unpaired) electrons. The summed E-state index contributed by atoms with van der Waals surface area (Å²) >= 11 is 0. The molecule has 0 saturated carbocycles. The quantitative estimate of drug-likeness (QED) is 0.315. The first-order valence-electron chi connectivity index (χ1n) is 10.8. The number of rotatable bonds is 8. The second-order valence-electron chi connectivity index (χ2n) is 7.80. The number of aromatic nitrogens is 2. The number of nitrogens with zero attached hydrogens (tertiary/aromatic N) is 3. The van der Waals surface area contributed by atoms with Crippen LogP contribution in [-0.2, 0) is 13.2 Å². The zero-order chi connectivity index (χ0) is 23.0. The summed E-state index contributed by atoms with van der Waals surface area (Å²) in [6, 6.07) is 27.1. The molecule has 33 heavy (non-hydrogen) atoms. The van der Waals surface area contributed by atoms with Crippen LogP contribution in [0.4, 0.5) is 0 Å². The van der Waals surface area contributed by atoms with Crippen LogP contribution in [0.5, 0.6) is 5.75 Å². The molecule has 1 aromatic heterocycles. The fraction of sp³-hybridized carbons (Fsp3) is 0.148. The number of ether oxygens (including phenoxy) is 1. The summed E-state index contributed by atoms with van der Waals surface area (Å²) in [5.41, 5.74) is 8.07. The van der Waals surface area contributed by atoms with Gasteiger partial charge >= 0.3 is 0 Å². The maximum absolute atomic E-state index is 12.6. The zero-order valence-electron chi connectivity index (χ0n) is 18.7. The van der Waals surface area contributed by atoms with Crippen molar-refractivity contribution in [2.45, 2.75) is 27.0 Å². The van der Waals surface area contributed by atoms with Crippen molar-refractivity contribution in [3.8, 4) is 5.75 Å². The summed E-state index contributed by atoms with van der Waals surface area (Å²) in [5.74, 6) is 0.426. The molecule has 0 saturated heterocycles. The predicted molar refractivity (Wildman–Crippen MR) is 130 cm³/mol. The normalized spacial score (nSPS) is 11.0. The number of nitrogens with one attached hydrogen (secondary N) is 1. The van der Waals surface area contributed by atoms with E-state index in [2.05, 4.69) is 15.6 Å². The smallest absolute Gasteiger partial charge is 0.271 e. The van der Waals surface area contributed by atoms with E-state index in [0.717, 1.165) is 28.1 Å². The van der Waals surface area contributed by atoms with Crippen molar-refractivity contribution in [1.82, 2.24) is 15.2 Å². The molecule has 0 bridgehead atoms. The summed E-state index contributed by atoms with van der Waals surface area (Å²) in [5, 5.41) is 8.63. The minimum atomic E-state index is -0.274. The Morgan fingerprint density at radius 1 is 0.970 bits per heavy atom. The lowest BCUT2D eigenvalue weighted by atomic mass is 10.1. The Hall–Kier alpha value is -4.19. The van der Waals surface area contributed by atoms with E-state index in [1.54, 1.807) is 12.3 Å². The monoisotopic (exact) mass is 438 g/mol. The van der Waals surface area contributed by atoms with E-state index in [1.807, 2.05) is 97.4 Å². The number of hydrogen-bond acceptors (Lipinski definition) is 4. The van der Waals surface area contributed by atoms with Crippen LogP contribution in [0.3, 0.4) is 0 Å². The van der Waals surface area contributed by atoms with Crippen LogP contribution in [0.1, 0.15) is 38.4 Å². The van der Waals surface area contributed by atoms with E-state index in [9.17, 15) is 4.79 Å². The minimum Gasteiger partial charge on any atom is -0.488 e. The average molecular weight is 439 g/mol. The van der Waals surface area contributed by atoms with Gasteiger partial charge in [0.05, 0.1) is 18.5 Å². The van der Waals surface area contributed by atoms with Crippen molar-refractivity contribution in [1.29, 1.82) is 0 Å². The van der Waals surface area contributed by atoms with Crippen molar-refractivity contribution in [2.75, 3.05) is 0 Å². The summed E-state index contributed by atoms with van der Waals surface area (Å²) in [6.07, 6.45) is 1.60. The Morgan fingerprint density at radius 2 is 1.73 bits per heavy atom. The van der Waals surface area contributed by atoms with Crippen molar-refractivity contribution in [3.05, 3.63) is 119 Å². The van der Waals surface area contributed by atoms with Gasteiger partial charge in [0.25, 0.3) is 5.91 Å². The maximum Gasteiger partial charge on any atom is 0.271 e. The number of hydrogen-bond donors (Lipinski definition) is 1. The molecule has 0 fully saturated rings. The van der Waals surface area contributed by atoms with Crippen molar-refractivity contribution >= 4 is 12.1 Å². The summed E-state index contributed by atoms with van der Waals surface area (Å²) in [4.78, 5) is 12.6. The van der Waals surface area contributed by atoms with E-state index < -0.39 is 0 Å². The van der Waals surface area contributed by atoms with E-state index >= 15 is 0 Å².